The number of benzene rings is 1. The Hall–Kier alpha value is -1.26. The minimum atomic E-state index is -0.598. The van der Waals surface area contributed by atoms with Gasteiger partial charge in [0.1, 0.15) is 25.0 Å². The molecule has 0 aliphatic carbocycles. The van der Waals surface area contributed by atoms with Crippen LogP contribution in [-0.4, -0.2) is 25.2 Å². The molecule has 1 rings (SSSR count). The summed E-state index contributed by atoms with van der Waals surface area (Å²) >= 11 is 0. The van der Waals surface area contributed by atoms with E-state index in [2.05, 4.69) is 45.9 Å². The molecule has 0 radical (unpaired) electrons. The number of hydrogen-bond acceptors (Lipinski definition) is 4. The van der Waals surface area contributed by atoms with Crippen molar-refractivity contribution in [3.63, 3.8) is 0 Å². The van der Waals surface area contributed by atoms with Crippen molar-refractivity contribution in [1.29, 1.82) is 0 Å². The smallest absolute Gasteiger partial charge is 0.322 e. The molecule has 2 N–H and O–H groups in total. The summed E-state index contributed by atoms with van der Waals surface area (Å²) in [6.45, 7) is 10.7. The predicted molar refractivity (Wildman–Crippen MR) is 92.0 cm³/mol. The van der Waals surface area contributed by atoms with E-state index in [9.17, 15) is 4.79 Å². The second kappa shape index (κ2) is 9.70. The van der Waals surface area contributed by atoms with Crippen molar-refractivity contribution in [3.05, 3.63) is 29.3 Å². The van der Waals surface area contributed by atoms with Gasteiger partial charge in [-0.2, -0.15) is 0 Å². The first kappa shape index (κ1) is 20.7. The Morgan fingerprint density at radius 1 is 1.05 bits per heavy atom. The van der Waals surface area contributed by atoms with Gasteiger partial charge in [-0.1, -0.05) is 45.9 Å². The highest BCUT2D eigenvalue weighted by atomic mass is 35.5. The summed E-state index contributed by atoms with van der Waals surface area (Å²) in [6.07, 6.45) is 0. The lowest BCUT2D eigenvalue weighted by Gasteiger charge is -2.20. The lowest BCUT2D eigenvalue weighted by Crippen LogP contribution is -2.30. The van der Waals surface area contributed by atoms with Crippen LogP contribution in [0.4, 0.5) is 0 Å². The van der Waals surface area contributed by atoms with E-state index in [1.807, 2.05) is 0 Å². The Kier molecular flexibility index (Phi) is 9.14. The van der Waals surface area contributed by atoms with Crippen molar-refractivity contribution in [2.24, 2.45) is 5.73 Å². The van der Waals surface area contributed by atoms with Crippen LogP contribution in [0.1, 0.15) is 57.6 Å². The molecule has 0 aromatic heterocycles. The van der Waals surface area contributed by atoms with Crippen molar-refractivity contribution in [2.45, 2.75) is 52.5 Å². The van der Waals surface area contributed by atoms with Gasteiger partial charge in [-0.25, -0.2) is 0 Å². The fourth-order valence-electron chi connectivity index (χ4n) is 2.07. The summed E-state index contributed by atoms with van der Waals surface area (Å²) in [7, 11) is 0. The Morgan fingerprint density at radius 3 is 1.95 bits per heavy atom. The fraction of sp³-hybridized carbons (Fsp3) is 0.588. The van der Waals surface area contributed by atoms with Crippen molar-refractivity contribution < 1.29 is 14.3 Å². The molecule has 5 heteroatoms. The van der Waals surface area contributed by atoms with Crippen LogP contribution in [0.5, 0.6) is 5.75 Å². The Bertz CT molecular complexity index is 447. The molecule has 1 atom stereocenters. The van der Waals surface area contributed by atoms with Crippen molar-refractivity contribution in [2.75, 3.05) is 13.2 Å². The second-order valence-electron chi connectivity index (χ2n) is 5.88. The summed E-state index contributed by atoms with van der Waals surface area (Å²) in [5, 5.41) is 0. The molecule has 126 valence electrons. The van der Waals surface area contributed by atoms with E-state index in [0.29, 0.717) is 18.4 Å². The van der Waals surface area contributed by atoms with E-state index >= 15 is 0 Å². The summed E-state index contributed by atoms with van der Waals surface area (Å²) in [6, 6.07) is 5.63. The first-order chi connectivity index (χ1) is 9.84. The summed E-state index contributed by atoms with van der Waals surface area (Å²) in [4.78, 5) is 11.3. The minimum absolute atomic E-state index is 0. The lowest BCUT2D eigenvalue weighted by atomic mass is 9.94. The van der Waals surface area contributed by atoms with Crippen LogP contribution in [0.15, 0.2) is 18.2 Å². The first-order valence-electron chi connectivity index (χ1n) is 7.52. The van der Waals surface area contributed by atoms with Crippen molar-refractivity contribution >= 4 is 18.4 Å². The highest BCUT2D eigenvalue weighted by Gasteiger charge is 2.15. The third kappa shape index (κ3) is 5.85. The summed E-state index contributed by atoms with van der Waals surface area (Å²) in [5.41, 5.74) is 7.80. The Balaban J connectivity index is 0.00000441. The number of rotatable bonds is 7. The van der Waals surface area contributed by atoms with Crippen molar-refractivity contribution in [1.82, 2.24) is 0 Å². The number of ether oxygens (including phenoxy) is 2. The zero-order valence-corrected chi connectivity index (χ0v) is 14.9. The molecule has 1 aromatic carbocycles. The largest absolute Gasteiger partial charge is 0.489 e. The molecule has 0 fully saturated rings. The fourth-order valence-corrected chi connectivity index (χ4v) is 2.07. The molecule has 4 nitrogen and oxygen atoms in total. The van der Waals surface area contributed by atoms with Crippen LogP contribution in [0.3, 0.4) is 0 Å². The summed E-state index contributed by atoms with van der Waals surface area (Å²) in [5.74, 6) is 1.27. The monoisotopic (exact) mass is 329 g/mol. The van der Waals surface area contributed by atoms with Gasteiger partial charge in [0.25, 0.3) is 0 Å². The highest BCUT2D eigenvalue weighted by molar-refractivity contribution is 5.85. The molecule has 22 heavy (non-hydrogen) atoms. The van der Waals surface area contributed by atoms with E-state index in [1.54, 1.807) is 6.92 Å². The Morgan fingerprint density at radius 2 is 1.55 bits per heavy atom. The standard InChI is InChI=1S/C17H27NO3.ClH/c1-11(2)14-7-6-8-15(12(3)4)16(14)20-9-10-21-17(19)13(5)18;/h6-8,11-13H,9-10,18H2,1-5H3;1H/t13-;/m0./s1. The normalized spacial score (nSPS) is 12.0. The second-order valence-corrected chi connectivity index (χ2v) is 5.88. The van der Waals surface area contributed by atoms with Crippen LogP contribution < -0.4 is 10.5 Å². The van der Waals surface area contributed by atoms with Gasteiger partial charge < -0.3 is 15.2 Å². The van der Waals surface area contributed by atoms with Gasteiger partial charge in [0.05, 0.1) is 0 Å². The van der Waals surface area contributed by atoms with Crippen LogP contribution in [0.2, 0.25) is 0 Å². The molecule has 1 aromatic rings. The molecule has 0 amide bonds. The third-order valence-corrected chi connectivity index (χ3v) is 3.27. The topological polar surface area (TPSA) is 61.5 Å². The minimum Gasteiger partial charge on any atom is -0.489 e. The van der Waals surface area contributed by atoms with Gasteiger partial charge in [-0.15, -0.1) is 12.4 Å². The van der Waals surface area contributed by atoms with Crippen LogP contribution in [-0.2, 0) is 9.53 Å². The molecule has 0 unspecified atom stereocenters. The molecule has 0 aliphatic rings. The van der Waals surface area contributed by atoms with Gasteiger partial charge in [-0.3, -0.25) is 4.79 Å². The quantitative estimate of drug-likeness (QED) is 0.613. The van der Waals surface area contributed by atoms with Crippen LogP contribution in [0, 0.1) is 0 Å². The maximum atomic E-state index is 11.3. The molecular formula is C17H28ClNO3. The van der Waals surface area contributed by atoms with Crippen molar-refractivity contribution in [3.8, 4) is 5.75 Å². The van der Waals surface area contributed by atoms with Crippen LogP contribution >= 0.6 is 12.4 Å². The van der Waals surface area contributed by atoms with Gasteiger partial charge in [0.15, 0.2) is 0 Å². The van der Waals surface area contributed by atoms with Gasteiger partial charge in [-0.05, 0) is 29.9 Å². The molecular weight excluding hydrogens is 302 g/mol. The van der Waals surface area contributed by atoms with E-state index in [0.717, 1.165) is 5.75 Å². The summed E-state index contributed by atoms with van der Waals surface area (Å²) < 4.78 is 10.9. The maximum absolute atomic E-state index is 11.3. The highest BCUT2D eigenvalue weighted by Crippen LogP contribution is 2.34. The molecule has 0 heterocycles. The number of para-hydroxylation sites is 1. The number of hydrogen-bond donors (Lipinski definition) is 1. The number of esters is 1. The van der Waals surface area contributed by atoms with E-state index in [4.69, 9.17) is 15.2 Å². The Labute approximate surface area is 139 Å². The number of nitrogens with two attached hydrogens (primary N) is 1. The predicted octanol–water partition coefficient (Wildman–Crippen LogP) is 3.62. The third-order valence-electron chi connectivity index (χ3n) is 3.27. The number of carbonyl (C=O) groups is 1. The molecule has 0 bridgehead atoms. The molecule has 0 spiro atoms. The van der Waals surface area contributed by atoms with Gasteiger partial charge in [0, 0.05) is 0 Å². The average molecular weight is 330 g/mol. The van der Waals surface area contributed by atoms with Crippen LogP contribution in [0.25, 0.3) is 0 Å². The molecule has 0 aliphatic heterocycles. The zero-order chi connectivity index (χ0) is 16.0. The zero-order valence-electron chi connectivity index (χ0n) is 14.1. The number of halogens is 1. The van der Waals surface area contributed by atoms with E-state index in [-0.39, 0.29) is 19.0 Å². The van der Waals surface area contributed by atoms with Gasteiger partial charge in [0.2, 0.25) is 0 Å². The lowest BCUT2D eigenvalue weighted by molar-refractivity contribution is -0.145. The SMILES string of the molecule is CC(C)c1cccc(C(C)C)c1OCCOC(=O)[C@H](C)N.Cl. The first-order valence-corrected chi connectivity index (χ1v) is 7.52. The van der Waals surface area contributed by atoms with E-state index < -0.39 is 12.0 Å². The number of carbonyl (C=O) groups excluding carboxylic acids is 1. The average Bonchev–Trinajstić information content (AvgIpc) is 2.42. The molecule has 0 saturated carbocycles. The molecule has 0 saturated heterocycles. The maximum Gasteiger partial charge on any atom is 0.322 e. The van der Waals surface area contributed by atoms with E-state index in [1.165, 1.54) is 11.1 Å². The van der Waals surface area contributed by atoms with Gasteiger partial charge >= 0.3 is 5.97 Å².